The summed E-state index contributed by atoms with van der Waals surface area (Å²) in [6.07, 6.45) is 0. The molecule has 0 aliphatic carbocycles. The first-order valence-corrected chi connectivity index (χ1v) is 5.63. The van der Waals surface area contributed by atoms with Crippen molar-refractivity contribution >= 4 is 5.69 Å². The van der Waals surface area contributed by atoms with Crippen LogP contribution in [0.15, 0.2) is 42.5 Å². The van der Waals surface area contributed by atoms with Gasteiger partial charge in [0.25, 0.3) is 5.69 Å². The first-order chi connectivity index (χ1) is 9.17. The van der Waals surface area contributed by atoms with E-state index >= 15 is 0 Å². The van der Waals surface area contributed by atoms with Gasteiger partial charge in [0.1, 0.15) is 11.5 Å². The minimum atomic E-state index is -0.425. The van der Waals surface area contributed by atoms with E-state index in [2.05, 4.69) is 0 Å². The molecule has 0 saturated carbocycles. The van der Waals surface area contributed by atoms with E-state index in [9.17, 15) is 10.1 Å². The Morgan fingerprint density at radius 2 is 1.58 bits per heavy atom. The molecule has 0 aromatic heterocycles. The third-order valence-electron chi connectivity index (χ3n) is 2.77. The van der Waals surface area contributed by atoms with Crippen molar-refractivity contribution in [1.29, 1.82) is 0 Å². The van der Waals surface area contributed by atoms with Gasteiger partial charge in [0, 0.05) is 12.1 Å². The molecule has 0 aliphatic heterocycles. The minimum absolute atomic E-state index is 0.0328. The molecule has 98 valence electrons. The third-order valence-corrected chi connectivity index (χ3v) is 2.77. The molecule has 0 N–H and O–H groups in total. The zero-order valence-electron chi connectivity index (χ0n) is 10.6. The molecule has 19 heavy (non-hydrogen) atoms. The van der Waals surface area contributed by atoms with Crippen molar-refractivity contribution in [2.75, 3.05) is 14.2 Å². The number of nitro groups is 1. The molecule has 2 aromatic carbocycles. The fraction of sp³-hybridized carbons (Fsp3) is 0.143. The Kier molecular flexibility index (Phi) is 3.66. The molecule has 2 aromatic rings. The van der Waals surface area contributed by atoms with Crippen LogP contribution in [-0.2, 0) is 0 Å². The third kappa shape index (κ3) is 2.49. The Hall–Kier alpha value is -2.56. The Morgan fingerprint density at radius 3 is 2.11 bits per heavy atom. The molecule has 0 fully saturated rings. The number of benzene rings is 2. The smallest absolute Gasteiger partial charge is 0.270 e. The average molecular weight is 259 g/mol. The number of ether oxygens (including phenoxy) is 2. The van der Waals surface area contributed by atoms with E-state index in [4.69, 9.17) is 9.47 Å². The Morgan fingerprint density at radius 1 is 1.00 bits per heavy atom. The van der Waals surface area contributed by atoms with Gasteiger partial charge in [-0.15, -0.1) is 0 Å². The summed E-state index contributed by atoms with van der Waals surface area (Å²) in [5.41, 5.74) is 1.42. The quantitative estimate of drug-likeness (QED) is 0.624. The van der Waals surface area contributed by atoms with Crippen molar-refractivity contribution in [1.82, 2.24) is 0 Å². The van der Waals surface area contributed by atoms with Gasteiger partial charge in [0.2, 0.25) is 0 Å². The highest BCUT2D eigenvalue weighted by Crippen LogP contribution is 2.39. The van der Waals surface area contributed by atoms with Crippen molar-refractivity contribution in [3.05, 3.63) is 52.6 Å². The van der Waals surface area contributed by atoms with Crippen LogP contribution in [0.5, 0.6) is 11.5 Å². The Bertz CT molecular complexity index is 588. The van der Waals surface area contributed by atoms with Gasteiger partial charge in [-0.25, -0.2) is 0 Å². The van der Waals surface area contributed by atoms with Crippen LogP contribution in [0, 0.1) is 10.1 Å². The van der Waals surface area contributed by atoms with E-state index in [0.717, 1.165) is 0 Å². The monoisotopic (exact) mass is 259 g/mol. The predicted molar refractivity (Wildman–Crippen MR) is 71.6 cm³/mol. The van der Waals surface area contributed by atoms with E-state index in [-0.39, 0.29) is 5.69 Å². The lowest BCUT2D eigenvalue weighted by Gasteiger charge is -2.12. The molecule has 0 aliphatic rings. The predicted octanol–water partition coefficient (Wildman–Crippen LogP) is 3.28. The van der Waals surface area contributed by atoms with Crippen molar-refractivity contribution in [2.24, 2.45) is 0 Å². The maximum atomic E-state index is 10.8. The highest BCUT2D eigenvalue weighted by molar-refractivity contribution is 5.78. The summed E-state index contributed by atoms with van der Waals surface area (Å²) in [4.78, 5) is 10.4. The second-order valence-corrected chi connectivity index (χ2v) is 3.84. The summed E-state index contributed by atoms with van der Waals surface area (Å²) in [6, 6.07) is 11.8. The van der Waals surface area contributed by atoms with Gasteiger partial charge in [0.05, 0.1) is 24.7 Å². The lowest BCUT2D eigenvalue weighted by Crippen LogP contribution is -1.94. The number of rotatable bonds is 4. The fourth-order valence-corrected chi connectivity index (χ4v) is 1.91. The lowest BCUT2D eigenvalue weighted by atomic mass is 10.0. The van der Waals surface area contributed by atoms with Crippen molar-refractivity contribution < 1.29 is 14.4 Å². The molecule has 5 nitrogen and oxygen atoms in total. The van der Waals surface area contributed by atoms with Crippen LogP contribution in [0.1, 0.15) is 0 Å². The molecule has 0 bridgehead atoms. The number of hydrogen-bond acceptors (Lipinski definition) is 4. The Labute approximate surface area is 110 Å². The molecule has 5 heteroatoms. The van der Waals surface area contributed by atoms with Gasteiger partial charge < -0.3 is 9.47 Å². The number of methoxy groups -OCH3 is 2. The molecule has 0 radical (unpaired) electrons. The van der Waals surface area contributed by atoms with Crippen LogP contribution in [0.4, 0.5) is 5.69 Å². The standard InChI is InChI=1S/C14H13NO4/c1-18-12-7-4-8-13(19-2)14(12)10-5-3-6-11(9-10)15(16)17/h3-9H,1-2H3. The van der Waals surface area contributed by atoms with Crippen molar-refractivity contribution in [3.63, 3.8) is 0 Å². The van der Waals surface area contributed by atoms with E-state index in [1.54, 1.807) is 44.6 Å². The second-order valence-electron chi connectivity index (χ2n) is 3.84. The fourth-order valence-electron chi connectivity index (χ4n) is 1.91. The normalized spacial score (nSPS) is 10.0. The topological polar surface area (TPSA) is 61.6 Å². The summed E-state index contributed by atoms with van der Waals surface area (Å²) in [5.74, 6) is 1.22. The Balaban J connectivity index is 2.63. The molecule has 0 heterocycles. The summed E-state index contributed by atoms with van der Waals surface area (Å²) >= 11 is 0. The lowest BCUT2D eigenvalue weighted by molar-refractivity contribution is -0.384. The second kappa shape index (κ2) is 5.39. The largest absolute Gasteiger partial charge is 0.496 e. The molecule has 0 atom stereocenters. The molecular weight excluding hydrogens is 246 g/mol. The van der Waals surface area contributed by atoms with Crippen molar-refractivity contribution in [2.45, 2.75) is 0 Å². The molecule has 2 rings (SSSR count). The van der Waals surface area contributed by atoms with Gasteiger partial charge in [0.15, 0.2) is 0 Å². The van der Waals surface area contributed by atoms with E-state index in [1.807, 2.05) is 0 Å². The van der Waals surface area contributed by atoms with E-state index in [0.29, 0.717) is 22.6 Å². The van der Waals surface area contributed by atoms with Crippen LogP contribution in [0.25, 0.3) is 11.1 Å². The summed E-state index contributed by atoms with van der Waals surface area (Å²) in [7, 11) is 3.10. The molecule has 0 amide bonds. The molecule has 0 saturated heterocycles. The van der Waals surface area contributed by atoms with E-state index < -0.39 is 4.92 Å². The van der Waals surface area contributed by atoms with Crippen LogP contribution < -0.4 is 9.47 Å². The zero-order chi connectivity index (χ0) is 13.8. The van der Waals surface area contributed by atoms with Crippen molar-refractivity contribution in [3.8, 4) is 22.6 Å². The van der Waals surface area contributed by atoms with Crippen LogP contribution in [0.3, 0.4) is 0 Å². The number of hydrogen-bond donors (Lipinski definition) is 0. The maximum Gasteiger partial charge on any atom is 0.270 e. The highest BCUT2D eigenvalue weighted by atomic mass is 16.6. The van der Waals surface area contributed by atoms with Crippen LogP contribution in [-0.4, -0.2) is 19.1 Å². The zero-order valence-corrected chi connectivity index (χ0v) is 10.6. The first-order valence-electron chi connectivity index (χ1n) is 5.63. The van der Waals surface area contributed by atoms with Crippen LogP contribution in [0.2, 0.25) is 0 Å². The van der Waals surface area contributed by atoms with Gasteiger partial charge in [-0.2, -0.15) is 0 Å². The summed E-state index contributed by atoms with van der Waals surface area (Å²) in [5, 5.41) is 10.8. The minimum Gasteiger partial charge on any atom is -0.496 e. The van der Waals surface area contributed by atoms with Crippen LogP contribution >= 0.6 is 0 Å². The van der Waals surface area contributed by atoms with Gasteiger partial charge in [-0.05, 0) is 17.7 Å². The molecule has 0 unspecified atom stereocenters. The summed E-state index contributed by atoms with van der Waals surface area (Å²) in [6.45, 7) is 0. The first kappa shape index (κ1) is 12.9. The van der Waals surface area contributed by atoms with Gasteiger partial charge in [-0.3, -0.25) is 10.1 Å². The molecular formula is C14H13NO4. The number of non-ortho nitro benzene ring substituents is 1. The SMILES string of the molecule is COc1cccc(OC)c1-c1cccc([N+](=O)[O-])c1. The number of nitro benzene ring substituents is 1. The van der Waals surface area contributed by atoms with Gasteiger partial charge >= 0.3 is 0 Å². The number of nitrogens with zero attached hydrogens (tertiary/aromatic N) is 1. The van der Waals surface area contributed by atoms with E-state index in [1.165, 1.54) is 12.1 Å². The average Bonchev–Trinajstić information content (AvgIpc) is 2.46. The molecule has 0 spiro atoms. The van der Waals surface area contributed by atoms with Gasteiger partial charge in [-0.1, -0.05) is 18.2 Å². The summed E-state index contributed by atoms with van der Waals surface area (Å²) < 4.78 is 10.6. The highest BCUT2D eigenvalue weighted by Gasteiger charge is 2.15. The maximum absolute atomic E-state index is 10.8.